The van der Waals surface area contributed by atoms with Crippen LogP contribution < -0.4 is 4.74 Å². The number of carbonyl (C=O) groups excluding carboxylic acids is 1. The van der Waals surface area contributed by atoms with Crippen molar-refractivity contribution in [2.75, 3.05) is 13.2 Å². The zero-order chi connectivity index (χ0) is 18.6. The monoisotopic (exact) mass is 383 g/mol. The lowest BCUT2D eigenvalue weighted by Gasteiger charge is -2.21. The van der Waals surface area contributed by atoms with Crippen LogP contribution in [0, 0.1) is 0 Å². The average Bonchev–Trinajstić information content (AvgIpc) is 3.37. The Bertz CT molecular complexity index is 912. The summed E-state index contributed by atoms with van der Waals surface area (Å²) >= 11 is 5.92. The molecule has 138 valence electrons. The van der Waals surface area contributed by atoms with Gasteiger partial charge in [-0.3, -0.25) is 4.79 Å². The highest BCUT2D eigenvalue weighted by Crippen LogP contribution is 2.32. The largest absolute Gasteiger partial charge is 0.484 e. The number of hydrogen-bond acceptors (Lipinski definition) is 5. The smallest absolute Gasteiger partial charge is 0.261 e. The van der Waals surface area contributed by atoms with Gasteiger partial charge in [0.15, 0.2) is 6.61 Å². The number of carbonyl (C=O) groups is 1. The minimum absolute atomic E-state index is 0.0152. The fourth-order valence-electron chi connectivity index (χ4n) is 3.15. The van der Waals surface area contributed by atoms with Crippen LogP contribution in [0.2, 0.25) is 5.02 Å². The molecule has 1 aliphatic heterocycles. The Morgan fingerprint density at radius 2 is 1.96 bits per heavy atom. The number of para-hydroxylation sites is 1. The Labute approximate surface area is 161 Å². The first-order chi connectivity index (χ1) is 13.2. The Hall–Kier alpha value is -2.86. The molecule has 1 aromatic heterocycles. The summed E-state index contributed by atoms with van der Waals surface area (Å²) in [6.07, 6.45) is 1.68. The maximum atomic E-state index is 12.6. The van der Waals surface area contributed by atoms with E-state index in [0.717, 1.165) is 18.4 Å². The lowest BCUT2D eigenvalue weighted by atomic mass is 10.2. The summed E-state index contributed by atoms with van der Waals surface area (Å²) in [5, 5.41) is 4.70. The molecule has 2 heterocycles. The van der Waals surface area contributed by atoms with E-state index in [-0.39, 0.29) is 18.6 Å². The molecule has 1 atom stereocenters. The molecule has 0 radical (unpaired) electrons. The lowest BCUT2D eigenvalue weighted by Crippen LogP contribution is -2.34. The van der Waals surface area contributed by atoms with E-state index in [2.05, 4.69) is 10.1 Å². The summed E-state index contributed by atoms with van der Waals surface area (Å²) < 4.78 is 11.0. The Balaban J connectivity index is 1.45. The molecule has 0 bridgehead atoms. The van der Waals surface area contributed by atoms with Gasteiger partial charge in [-0.1, -0.05) is 35.0 Å². The number of rotatable bonds is 5. The van der Waals surface area contributed by atoms with Crippen LogP contribution in [0.25, 0.3) is 11.4 Å². The van der Waals surface area contributed by atoms with E-state index in [9.17, 15) is 4.79 Å². The first-order valence-corrected chi connectivity index (χ1v) is 9.15. The molecular weight excluding hydrogens is 366 g/mol. The Kier molecular flexibility index (Phi) is 5.07. The van der Waals surface area contributed by atoms with E-state index in [1.165, 1.54) is 0 Å². The topological polar surface area (TPSA) is 68.5 Å². The van der Waals surface area contributed by atoms with Gasteiger partial charge in [-0.2, -0.15) is 4.98 Å². The van der Waals surface area contributed by atoms with Crippen LogP contribution in [0.1, 0.15) is 24.8 Å². The van der Waals surface area contributed by atoms with Gasteiger partial charge >= 0.3 is 0 Å². The van der Waals surface area contributed by atoms with Gasteiger partial charge in [0.25, 0.3) is 5.91 Å². The molecule has 1 saturated heterocycles. The highest BCUT2D eigenvalue weighted by molar-refractivity contribution is 6.30. The number of amides is 1. The van der Waals surface area contributed by atoms with Gasteiger partial charge in [0.2, 0.25) is 11.7 Å². The van der Waals surface area contributed by atoms with Crippen LogP contribution in [-0.4, -0.2) is 34.1 Å². The minimum Gasteiger partial charge on any atom is -0.484 e. The van der Waals surface area contributed by atoms with Gasteiger partial charge in [-0.15, -0.1) is 0 Å². The molecule has 1 amide bonds. The van der Waals surface area contributed by atoms with Crippen LogP contribution in [0.15, 0.2) is 59.1 Å². The van der Waals surface area contributed by atoms with Crippen molar-refractivity contribution in [2.45, 2.75) is 18.9 Å². The second kappa shape index (κ2) is 7.80. The third kappa shape index (κ3) is 3.95. The van der Waals surface area contributed by atoms with Gasteiger partial charge in [0, 0.05) is 17.1 Å². The van der Waals surface area contributed by atoms with Crippen LogP contribution in [-0.2, 0) is 4.79 Å². The number of ether oxygens (including phenoxy) is 1. The van der Waals surface area contributed by atoms with Crippen molar-refractivity contribution < 1.29 is 14.1 Å². The Morgan fingerprint density at radius 3 is 2.74 bits per heavy atom. The van der Waals surface area contributed by atoms with Crippen molar-refractivity contribution >= 4 is 17.5 Å². The second-order valence-corrected chi connectivity index (χ2v) is 6.75. The minimum atomic E-state index is -0.217. The molecule has 0 aliphatic carbocycles. The van der Waals surface area contributed by atoms with E-state index < -0.39 is 0 Å². The molecule has 2 aromatic carbocycles. The van der Waals surface area contributed by atoms with Crippen LogP contribution in [0.3, 0.4) is 0 Å². The fourth-order valence-corrected chi connectivity index (χ4v) is 3.28. The quantitative estimate of drug-likeness (QED) is 0.662. The van der Waals surface area contributed by atoms with Gasteiger partial charge in [-0.25, -0.2) is 0 Å². The van der Waals surface area contributed by atoms with Crippen molar-refractivity contribution in [3.05, 3.63) is 65.5 Å². The summed E-state index contributed by atoms with van der Waals surface area (Å²) in [6.45, 7) is 0.638. The molecule has 1 aliphatic rings. The summed E-state index contributed by atoms with van der Waals surface area (Å²) in [7, 11) is 0. The number of halogens is 1. The molecule has 0 N–H and O–H groups in total. The maximum Gasteiger partial charge on any atom is 0.261 e. The van der Waals surface area contributed by atoms with Crippen LogP contribution >= 0.6 is 11.6 Å². The number of nitrogens with zero attached hydrogens (tertiary/aromatic N) is 3. The summed E-state index contributed by atoms with van der Waals surface area (Å²) in [4.78, 5) is 18.9. The summed E-state index contributed by atoms with van der Waals surface area (Å²) in [6, 6.07) is 16.3. The SMILES string of the molecule is O=C(COc1ccccc1)N1CCCC1c1nc(-c2ccc(Cl)cc2)no1. The lowest BCUT2D eigenvalue weighted by molar-refractivity contribution is -0.134. The van der Waals surface area contributed by atoms with E-state index in [4.69, 9.17) is 20.9 Å². The standard InChI is InChI=1S/C20H18ClN3O3/c21-15-10-8-14(9-11-15)19-22-20(27-23-19)17-7-4-12-24(17)18(25)13-26-16-5-2-1-3-6-16/h1-3,5-6,8-11,17H,4,7,12-13H2. The molecule has 27 heavy (non-hydrogen) atoms. The normalized spacial score (nSPS) is 16.5. The van der Waals surface area contributed by atoms with Crippen molar-refractivity contribution in [3.63, 3.8) is 0 Å². The van der Waals surface area contributed by atoms with Crippen molar-refractivity contribution in [1.82, 2.24) is 15.0 Å². The van der Waals surface area contributed by atoms with Crippen LogP contribution in [0.5, 0.6) is 5.75 Å². The first kappa shape index (κ1) is 17.5. The highest BCUT2D eigenvalue weighted by Gasteiger charge is 2.34. The average molecular weight is 384 g/mol. The molecule has 1 unspecified atom stereocenters. The van der Waals surface area contributed by atoms with Crippen molar-refractivity contribution in [2.24, 2.45) is 0 Å². The van der Waals surface area contributed by atoms with E-state index in [1.807, 2.05) is 42.5 Å². The molecule has 6 nitrogen and oxygen atoms in total. The van der Waals surface area contributed by atoms with Crippen molar-refractivity contribution in [3.8, 4) is 17.1 Å². The molecule has 7 heteroatoms. The Morgan fingerprint density at radius 1 is 1.19 bits per heavy atom. The molecule has 4 rings (SSSR count). The van der Waals surface area contributed by atoms with Gasteiger partial charge in [0.1, 0.15) is 11.8 Å². The van der Waals surface area contributed by atoms with E-state index in [0.29, 0.717) is 29.0 Å². The zero-order valence-electron chi connectivity index (χ0n) is 14.5. The fraction of sp³-hybridized carbons (Fsp3) is 0.250. The van der Waals surface area contributed by atoms with Gasteiger partial charge in [-0.05, 0) is 49.2 Å². The van der Waals surface area contributed by atoms with Crippen LogP contribution in [0.4, 0.5) is 0 Å². The van der Waals surface area contributed by atoms with Gasteiger partial charge in [0.05, 0.1) is 0 Å². The van der Waals surface area contributed by atoms with E-state index in [1.54, 1.807) is 17.0 Å². The number of aromatic nitrogens is 2. The highest BCUT2D eigenvalue weighted by atomic mass is 35.5. The number of benzene rings is 2. The summed E-state index contributed by atoms with van der Waals surface area (Å²) in [5.74, 6) is 1.52. The third-order valence-electron chi connectivity index (χ3n) is 4.51. The second-order valence-electron chi connectivity index (χ2n) is 6.31. The molecule has 1 fully saturated rings. The third-order valence-corrected chi connectivity index (χ3v) is 4.76. The number of hydrogen-bond donors (Lipinski definition) is 0. The molecule has 3 aromatic rings. The van der Waals surface area contributed by atoms with Crippen molar-refractivity contribution in [1.29, 1.82) is 0 Å². The zero-order valence-corrected chi connectivity index (χ0v) is 15.3. The predicted octanol–water partition coefficient (Wildman–Crippen LogP) is 4.13. The van der Waals surface area contributed by atoms with Gasteiger partial charge < -0.3 is 14.2 Å². The van der Waals surface area contributed by atoms with E-state index >= 15 is 0 Å². The molecule has 0 saturated carbocycles. The number of likely N-dealkylation sites (tertiary alicyclic amines) is 1. The first-order valence-electron chi connectivity index (χ1n) is 8.77. The molecular formula is C20H18ClN3O3. The maximum absolute atomic E-state index is 12.6. The predicted molar refractivity (Wildman–Crippen MR) is 100 cm³/mol. The molecule has 0 spiro atoms. The summed E-state index contributed by atoms with van der Waals surface area (Å²) in [5.41, 5.74) is 0.817.